The van der Waals surface area contributed by atoms with Gasteiger partial charge in [0.25, 0.3) is 5.69 Å². The second-order valence-electron chi connectivity index (χ2n) is 4.03. The van der Waals surface area contributed by atoms with Gasteiger partial charge in [0.2, 0.25) is 0 Å². The van der Waals surface area contributed by atoms with Crippen molar-refractivity contribution < 1.29 is 4.92 Å². The van der Waals surface area contributed by atoms with Crippen molar-refractivity contribution in [3.05, 3.63) is 38.3 Å². The van der Waals surface area contributed by atoms with Crippen molar-refractivity contribution in [2.75, 3.05) is 11.5 Å². The third kappa shape index (κ3) is 3.03. The Kier molecular flexibility index (Phi) is 4.49. The smallest absolute Gasteiger partial charge is 0.258 e. The second kappa shape index (κ2) is 5.71. The fourth-order valence-electron chi connectivity index (χ4n) is 1.91. The molecule has 0 N–H and O–H groups in total. The van der Waals surface area contributed by atoms with Crippen LogP contribution in [0.3, 0.4) is 0 Å². The zero-order chi connectivity index (χ0) is 12.4. The van der Waals surface area contributed by atoms with Crippen LogP contribution in [-0.2, 0) is 6.42 Å². The number of rotatable bonds is 3. The molecule has 0 aromatic heterocycles. The van der Waals surface area contributed by atoms with Crippen molar-refractivity contribution in [3.63, 3.8) is 0 Å². The van der Waals surface area contributed by atoms with Crippen LogP contribution in [0.15, 0.2) is 22.7 Å². The van der Waals surface area contributed by atoms with E-state index in [1.54, 1.807) is 6.07 Å². The molecule has 0 bridgehead atoms. The Bertz CT molecular complexity index is 441. The Labute approximate surface area is 121 Å². The van der Waals surface area contributed by atoms with Crippen molar-refractivity contribution >= 4 is 49.3 Å². The van der Waals surface area contributed by atoms with Crippen molar-refractivity contribution in [3.8, 4) is 0 Å². The van der Waals surface area contributed by atoms with E-state index in [1.807, 2.05) is 17.8 Å². The van der Waals surface area contributed by atoms with Gasteiger partial charge in [-0.25, -0.2) is 0 Å². The lowest BCUT2D eigenvalue weighted by Gasteiger charge is -2.13. The van der Waals surface area contributed by atoms with E-state index in [2.05, 4.69) is 31.9 Å². The van der Waals surface area contributed by atoms with Crippen LogP contribution < -0.4 is 0 Å². The summed E-state index contributed by atoms with van der Waals surface area (Å²) in [5.74, 6) is 2.79. The third-order valence-electron chi connectivity index (χ3n) is 2.86. The molecular weight excluding hydrogens is 370 g/mol. The first-order valence-corrected chi connectivity index (χ1v) is 8.09. The Balaban J connectivity index is 2.21. The van der Waals surface area contributed by atoms with Crippen LogP contribution >= 0.6 is 43.6 Å². The Morgan fingerprint density at radius 3 is 2.82 bits per heavy atom. The highest BCUT2D eigenvalue weighted by atomic mass is 79.9. The number of nitrogens with zero attached hydrogens (tertiary/aromatic N) is 1. The van der Waals surface area contributed by atoms with Gasteiger partial charge in [-0.1, -0.05) is 28.1 Å². The second-order valence-corrected chi connectivity index (χ2v) is 7.07. The zero-order valence-corrected chi connectivity index (χ0v) is 12.9. The Morgan fingerprint density at radius 1 is 1.47 bits per heavy atom. The molecule has 1 fully saturated rings. The van der Waals surface area contributed by atoms with Gasteiger partial charge in [-0.05, 0) is 39.6 Å². The average molecular weight is 381 g/mol. The minimum absolute atomic E-state index is 0.152. The maximum absolute atomic E-state index is 10.8. The molecule has 1 aromatic carbocycles. The average Bonchev–Trinajstić information content (AvgIpc) is 2.67. The summed E-state index contributed by atoms with van der Waals surface area (Å²) in [5, 5.41) is 10.8. The van der Waals surface area contributed by atoms with Gasteiger partial charge in [0.05, 0.1) is 9.40 Å². The van der Waals surface area contributed by atoms with Crippen molar-refractivity contribution in [2.45, 2.75) is 11.2 Å². The molecule has 1 aliphatic rings. The van der Waals surface area contributed by atoms with E-state index in [-0.39, 0.29) is 10.6 Å². The molecule has 6 heteroatoms. The molecule has 0 amide bonds. The normalized spacial score (nSPS) is 23.9. The van der Waals surface area contributed by atoms with Crippen molar-refractivity contribution in [1.29, 1.82) is 0 Å². The summed E-state index contributed by atoms with van der Waals surface area (Å²) in [6.45, 7) is 0. The van der Waals surface area contributed by atoms with E-state index in [4.69, 9.17) is 0 Å². The highest BCUT2D eigenvalue weighted by molar-refractivity contribution is 9.10. The van der Waals surface area contributed by atoms with Crippen LogP contribution in [0.1, 0.15) is 5.56 Å². The molecule has 2 atom stereocenters. The van der Waals surface area contributed by atoms with Crippen molar-refractivity contribution in [2.24, 2.45) is 5.92 Å². The largest absolute Gasteiger partial charge is 0.283 e. The van der Waals surface area contributed by atoms with Gasteiger partial charge < -0.3 is 0 Å². The highest BCUT2D eigenvalue weighted by Gasteiger charge is 2.27. The monoisotopic (exact) mass is 379 g/mol. The molecule has 1 aromatic rings. The minimum Gasteiger partial charge on any atom is -0.258 e. The van der Waals surface area contributed by atoms with Crippen LogP contribution in [-0.4, -0.2) is 21.3 Å². The molecule has 2 rings (SSSR count). The van der Waals surface area contributed by atoms with Gasteiger partial charge in [-0.2, -0.15) is 11.8 Å². The van der Waals surface area contributed by atoms with Gasteiger partial charge in [-0.3, -0.25) is 10.1 Å². The molecule has 1 saturated heterocycles. The summed E-state index contributed by atoms with van der Waals surface area (Å²) < 4.78 is 0.626. The number of thioether (sulfide) groups is 1. The first kappa shape index (κ1) is 13.4. The maximum Gasteiger partial charge on any atom is 0.283 e. The lowest BCUT2D eigenvalue weighted by Crippen LogP contribution is -2.14. The molecule has 0 spiro atoms. The van der Waals surface area contributed by atoms with Crippen LogP contribution in [0.2, 0.25) is 0 Å². The number of hydrogen-bond donors (Lipinski definition) is 0. The molecule has 3 nitrogen and oxygen atoms in total. The number of benzene rings is 1. The molecule has 17 heavy (non-hydrogen) atoms. The van der Waals surface area contributed by atoms with Crippen LogP contribution in [0.4, 0.5) is 5.69 Å². The van der Waals surface area contributed by atoms with Gasteiger partial charge in [-0.15, -0.1) is 0 Å². The molecule has 92 valence electrons. The summed E-state index contributed by atoms with van der Waals surface area (Å²) in [6.07, 6.45) is 0.880. The van der Waals surface area contributed by atoms with Crippen LogP contribution in [0, 0.1) is 16.0 Å². The molecule has 2 unspecified atom stereocenters. The first-order valence-electron chi connectivity index (χ1n) is 5.23. The molecule has 0 aliphatic carbocycles. The fraction of sp³-hybridized carbons (Fsp3) is 0.455. The van der Waals surface area contributed by atoms with Gasteiger partial charge >= 0.3 is 0 Å². The predicted octanol–water partition coefficient (Wildman–Crippen LogP) is 4.03. The standard InChI is InChI=1S/C11H11Br2NO2S/c12-9-6-17-5-8(9)4-7-2-1-3-10(11(7)13)14(15)16/h1-3,8-9H,4-6H2. The Morgan fingerprint density at radius 2 is 2.24 bits per heavy atom. The topological polar surface area (TPSA) is 43.1 Å². The number of nitro groups is 1. The Hall–Kier alpha value is -0.0700. The summed E-state index contributed by atoms with van der Waals surface area (Å²) in [6, 6.07) is 5.24. The summed E-state index contributed by atoms with van der Waals surface area (Å²) in [7, 11) is 0. The highest BCUT2D eigenvalue weighted by Crippen LogP contribution is 2.36. The van der Waals surface area contributed by atoms with Crippen LogP contribution in [0.5, 0.6) is 0 Å². The van der Waals surface area contributed by atoms with Gasteiger partial charge in [0, 0.05) is 16.6 Å². The molecule has 1 heterocycles. The van der Waals surface area contributed by atoms with E-state index < -0.39 is 0 Å². The number of hydrogen-bond acceptors (Lipinski definition) is 3. The lowest BCUT2D eigenvalue weighted by atomic mass is 9.98. The van der Waals surface area contributed by atoms with Gasteiger partial charge in [0.1, 0.15) is 0 Å². The van der Waals surface area contributed by atoms with E-state index in [0.717, 1.165) is 23.5 Å². The fourth-order valence-corrected chi connectivity index (χ4v) is 4.95. The van der Waals surface area contributed by atoms with E-state index in [9.17, 15) is 10.1 Å². The number of alkyl halides is 1. The quantitative estimate of drug-likeness (QED) is 0.451. The van der Waals surface area contributed by atoms with E-state index >= 15 is 0 Å². The van der Waals surface area contributed by atoms with E-state index in [0.29, 0.717) is 15.2 Å². The lowest BCUT2D eigenvalue weighted by molar-refractivity contribution is -0.385. The maximum atomic E-state index is 10.8. The van der Waals surface area contributed by atoms with Gasteiger partial charge in [0.15, 0.2) is 0 Å². The minimum atomic E-state index is -0.345. The molecule has 0 radical (unpaired) electrons. The SMILES string of the molecule is O=[N+]([O-])c1cccc(CC2CSCC2Br)c1Br. The number of halogens is 2. The zero-order valence-electron chi connectivity index (χ0n) is 8.94. The molecule has 1 aliphatic heterocycles. The third-order valence-corrected chi connectivity index (χ3v) is 6.53. The van der Waals surface area contributed by atoms with Crippen LogP contribution in [0.25, 0.3) is 0 Å². The number of nitro benzene ring substituents is 1. The summed E-state index contributed by atoms with van der Waals surface area (Å²) in [5.41, 5.74) is 1.18. The molecular formula is C11H11Br2NO2S. The summed E-state index contributed by atoms with van der Waals surface area (Å²) >= 11 is 8.94. The summed E-state index contributed by atoms with van der Waals surface area (Å²) in [4.78, 5) is 11.0. The predicted molar refractivity (Wildman–Crippen MR) is 78.0 cm³/mol. The van der Waals surface area contributed by atoms with E-state index in [1.165, 1.54) is 6.07 Å². The first-order chi connectivity index (χ1) is 8.09. The van der Waals surface area contributed by atoms with Crippen molar-refractivity contribution in [1.82, 2.24) is 0 Å². The molecule has 0 saturated carbocycles.